The zero-order valence-corrected chi connectivity index (χ0v) is 17.5. The highest BCUT2D eigenvalue weighted by atomic mass is 35.5. The first-order chi connectivity index (χ1) is 12.4. The maximum Gasteiger partial charge on any atom is 0.191 e. The Morgan fingerprint density at radius 1 is 1.23 bits per heavy atom. The number of nitrogens with one attached hydrogen (secondary N) is 2. The molecule has 0 aliphatic carbocycles. The first-order valence-electron chi connectivity index (χ1n) is 8.96. The summed E-state index contributed by atoms with van der Waals surface area (Å²) in [4.78, 5) is 13.5. The number of guanidine groups is 1. The van der Waals surface area contributed by atoms with E-state index in [0.717, 1.165) is 54.7 Å². The van der Waals surface area contributed by atoms with Gasteiger partial charge in [0.2, 0.25) is 0 Å². The zero-order valence-electron chi connectivity index (χ0n) is 16.0. The van der Waals surface area contributed by atoms with Gasteiger partial charge >= 0.3 is 0 Å². The average molecular weight is 394 g/mol. The highest BCUT2D eigenvalue weighted by Gasteiger charge is 2.17. The number of pyridine rings is 1. The summed E-state index contributed by atoms with van der Waals surface area (Å²) in [6.07, 6.45) is 3.54. The van der Waals surface area contributed by atoms with Gasteiger partial charge in [0.05, 0.1) is 10.7 Å². The molecular formula is C19H28ClN5S. The summed E-state index contributed by atoms with van der Waals surface area (Å²) in [5.41, 5.74) is 2.41. The molecule has 5 nitrogen and oxygen atoms in total. The Labute approximate surface area is 165 Å². The minimum absolute atomic E-state index is 0.102. The average Bonchev–Trinajstić information content (AvgIpc) is 3.06. The second-order valence-electron chi connectivity index (χ2n) is 7.05. The monoisotopic (exact) mass is 393 g/mol. The van der Waals surface area contributed by atoms with Crippen LogP contribution < -0.4 is 10.6 Å². The third kappa shape index (κ3) is 6.92. The number of hydrogen-bond acceptors (Lipinski definition) is 4. The number of thiazole rings is 1. The van der Waals surface area contributed by atoms with Crippen molar-refractivity contribution in [3.63, 3.8) is 0 Å². The van der Waals surface area contributed by atoms with E-state index >= 15 is 0 Å². The summed E-state index contributed by atoms with van der Waals surface area (Å²) >= 11 is 7.53. The van der Waals surface area contributed by atoms with Crippen LogP contribution in [-0.4, -0.2) is 35.6 Å². The van der Waals surface area contributed by atoms with Gasteiger partial charge in [-0.05, 0) is 25.0 Å². The molecule has 0 radical (unpaired) electrons. The van der Waals surface area contributed by atoms with Gasteiger partial charge in [-0.3, -0.25) is 4.99 Å². The predicted molar refractivity (Wildman–Crippen MR) is 111 cm³/mol. The number of halogens is 1. The number of aromatic nitrogens is 2. The van der Waals surface area contributed by atoms with E-state index in [1.54, 1.807) is 11.3 Å². The van der Waals surface area contributed by atoms with Crippen LogP contribution in [0, 0.1) is 0 Å². The van der Waals surface area contributed by atoms with E-state index < -0.39 is 0 Å². The van der Waals surface area contributed by atoms with Crippen LogP contribution in [0.5, 0.6) is 0 Å². The molecule has 0 spiro atoms. The van der Waals surface area contributed by atoms with E-state index in [1.165, 1.54) is 0 Å². The molecule has 2 aromatic heterocycles. The number of nitrogens with zero attached hydrogens (tertiary/aromatic N) is 3. The lowest BCUT2D eigenvalue weighted by atomic mass is 9.93. The van der Waals surface area contributed by atoms with Crippen molar-refractivity contribution >= 4 is 28.9 Å². The van der Waals surface area contributed by atoms with Gasteiger partial charge in [0.25, 0.3) is 0 Å². The van der Waals surface area contributed by atoms with Gasteiger partial charge in [0.1, 0.15) is 5.15 Å². The Bertz CT molecular complexity index is 703. The van der Waals surface area contributed by atoms with Gasteiger partial charge in [-0.2, -0.15) is 0 Å². The largest absolute Gasteiger partial charge is 0.357 e. The Kier molecular flexibility index (Phi) is 7.85. The first-order valence-corrected chi connectivity index (χ1v) is 10.2. The van der Waals surface area contributed by atoms with E-state index in [1.807, 2.05) is 18.3 Å². The maximum atomic E-state index is 5.81. The van der Waals surface area contributed by atoms with Gasteiger partial charge in [-0.15, -0.1) is 11.3 Å². The molecule has 0 aromatic carbocycles. The number of aliphatic imine (C=N–C) groups is 1. The van der Waals surface area contributed by atoms with Crippen molar-refractivity contribution in [3.8, 4) is 0 Å². The fourth-order valence-corrected chi connectivity index (χ4v) is 3.38. The van der Waals surface area contributed by atoms with Crippen molar-refractivity contribution < 1.29 is 0 Å². The second kappa shape index (κ2) is 9.88. The van der Waals surface area contributed by atoms with Gasteiger partial charge in [-0.25, -0.2) is 9.97 Å². The second-order valence-corrected chi connectivity index (χ2v) is 8.38. The van der Waals surface area contributed by atoms with Crippen LogP contribution in [0.25, 0.3) is 0 Å². The van der Waals surface area contributed by atoms with Crippen molar-refractivity contribution in [2.75, 3.05) is 19.6 Å². The molecule has 0 aliphatic rings. The van der Waals surface area contributed by atoms with Crippen LogP contribution in [-0.2, 0) is 18.3 Å². The first kappa shape index (κ1) is 20.6. The van der Waals surface area contributed by atoms with Crippen LogP contribution in [0.2, 0.25) is 5.15 Å². The molecule has 0 atom stereocenters. The third-order valence-electron chi connectivity index (χ3n) is 3.75. The molecule has 2 N–H and O–H groups in total. The zero-order chi connectivity index (χ0) is 19.0. The molecule has 142 valence electrons. The molecule has 7 heteroatoms. The Balaban J connectivity index is 1.82. The molecule has 2 heterocycles. The van der Waals surface area contributed by atoms with Crippen LogP contribution in [0.3, 0.4) is 0 Å². The lowest BCUT2D eigenvalue weighted by molar-refractivity contribution is 0.571. The molecule has 0 bridgehead atoms. The van der Waals surface area contributed by atoms with E-state index in [9.17, 15) is 0 Å². The summed E-state index contributed by atoms with van der Waals surface area (Å²) in [6, 6.07) is 3.81. The van der Waals surface area contributed by atoms with Gasteiger partial charge in [0.15, 0.2) is 5.96 Å². The molecule has 0 saturated carbocycles. The summed E-state index contributed by atoms with van der Waals surface area (Å²) in [7, 11) is 0. The van der Waals surface area contributed by atoms with Crippen LogP contribution in [0.4, 0.5) is 0 Å². The van der Waals surface area contributed by atoms with Crippen LogP contribution in [0.1, 0.15) is 44.0 Å². The lowest BCUT2D eigenvalue weighted by Crippen LogP contribution is -2.38. The molecule has 0 amide bonds. The van der Waals surface area contributed by atoms with Crippen LogP contribution in [0.15, 0.2) is 28.7 Å². The van der Waals surface area contributed by atoms with Crippen molar-refractivity contribution in [3.05, 3.63) is 45.1 Å². The molecular weight excluding hydrogens is 366 g/mol. The van der Waals surface area contributed by atoms with E-state index in [0.29, 0.717) is 5.15 Å². The standard InChI is InChI=1S/C19H28ClN5S/c1-5-21-18(22-10-8-14-6-7-16(20)24-12-14)23-11-9-17-25-15(13-26-17)19(2,3)4/h6-7,12-13H,5,8-11H2,1-4H3,(H2,21,22,23). The molecule has 0 saturated heterocycles. The molecule has 0 unspecified atom stereocenters. The number of hydrogen-bond donors (Lipinski definition) is 2. The molecule has 26 heavy (non-hydrogen) atoms. The third-order valence-corrected chi connectivity index (χ3v) is 4.89. The van der Waals surface area contributed by atoms with Gasteiger partial charge in [0, 0.05) is 43.0 Å². The minimum Gasteiger partial charge on any atom is -0.357 e. The van der Waals surface area contributed by atoms with Crippen molar-refractivity contribution in [1.82, 2.24) is 20.6 Å². The summed E-state index contributed by atoms with van der Waals surface area (Å²) in [6.45, 7) is 11.0. The molecule has 2 aromatic rings. The predicted octanol–water partition coefficient (Wildman–Crippen LogP) is 3.83. The molecule has 0 fully saturated rings. The SMILES string of the molecule is CCNC(=NCCc1nc(C(C)(C)C)cs1)NCCc1ccc(Cl)nc1. The normalized spacial score (nSPS) is 12.3. The smallest absolute Gasteiger partial charge is 0.191 e. The molecule has 0 aliphatic heterocycles. The van der Waals surface area contributed by atoms with Crippen molar-refractivity contribution in [1.29, 1.82) is 0 Å². The fraction of sp³-hybridized carbons (Fsp3) is 0.526. The lowest BCUT2D eigenvalue weighted by Gasteiger charge is -2.14. The highest BCUT2D eigenvalue weighted by molar-refractivity contribution is 7.09. The Morgan fingerprint density at radius 2 is 2.04 bits per heavy atom. The Hall–Kier alpha value is -1.66. The summed E-state index contributed by atoms with van der Waals surface area (Å²) in [5, 5.41) is 10.5. The minimum atomic E-state index is 0.102. The quantitative estimate of drug-likeness (QED) is 0.426. The Morgan fingerprint density at radius 3 is 2.65 bits per heavy atom. The van der Waals surface area contributed by atoms with Gasteiger partial charge < -0.3 is 10.6 Å². The summed E-state index contributed by atoms with van der Waals surface area (Å²) < 4.78 is 0. The number of rotatable bonds is 7. The topological polar surface area (TPSA) is 62.2 Å². The van der Waals surface area contributed by atoms with Crippen molar-refractivity contribution in [2.45, 2.75) is 46.0 Å². The van der Waals surface area contributed by atoms with Crippen LogP contribution >= 0.6 is 22.9 Å². The summed E-state index contributed by atoms with van der Waals surface area (Å²) in [5.74, 6) is 0.835. The van der Waals surface area contributed by atoms with Crippen molar-refractivity contribution in [2.24, 2.45) is 4.99 Å². The van der Waals surface area contributed by atoms with E-state index in [-0.39, 0.29) is 5.41 Å². The highest BCUT2D eigenvalue weighted by Crippen LogP contribution is 2.23. The van der Waals surface area contributed by atoms with E-state index in [4.69, 9.17) is 16.6 Å². The maximum absolute atomic E-state index is 5.81. The molecule has 2 rings (SSSR count). The fourth-order valence-electron chi connectivity index (χ4n) is 2.25. The van der Waals surface area contributed by atoms with E-state index in [2.05, 4.69) is 53.7 Å². The van der Waals surface area contributed by atoms with Gasteiger partial charge in [-0.1, -0.05) is 38.4 Å².